The van der Waals surface area contributed by atoms with E-state index in [1.54, 1.807) is 49.8 Å². The molecule has 8 heteroatoms. The second-order valence-corrected chi connectivity index (χ2v) is 5.57. The van der Waals surface area contributed by atoms with Crippen molar-refractivity contribution in [1.29, 1.82) is 1.34 Å². The van der Waals surface area contributed by atoms with Crippen molar-refractivity contribution in [3.8, 4) is 0 Å². The van der Waals surface area contributed by atoms with E-state index in [4.69, 9.17) is 21.0 Å². The van der Waals surface area contributed by atoms with Crippen LogP contribution < -0.4 is 0 Å². The fraction of sp³-hybridized carbons (Fsp3) is 0.786. The molecule has 0 aliphatic carbocycles. The topological polar surface area (TPSA) is 79.3 Å². The molecule has 1 aliphatic heterocycles. The molecule has 0 aromatic heterocycles. The highest BCUT2D eigenvalue weighted by Gasteiger charge is 2.16. The van der Waals surface area contributed by atoms with E-state index in [0.717, 1.165) is 6.61 Å². The third kappa shape index (κ3) is 199. The van der Waals surface area contributed by atoms with Crippen molar-refractivity contribution in [2.24, 2.45) is 0 Å². The van der Waals surface area contributed by atoms with Gasteiger partial charge in [0, 0.05) is 13.8 Å². The molecule has 1 fully saturated rings. The van der Waals surface area contributed by atoms with E-state index in [-0.39, 0.29) is 0 Å². The van der Waals surface area contributed by atoms with Gasteiger partial charge in [-0.1, -0.05) is 6.08 Å². The van der Waals surface area contributed by atoms with Gasteiger partial charge in [0.2, 0.25) is 5.60 Å². The molecule has 0 aromatic rings. The van der Waals surface area contributed by atoms with Crippen LogP contribution in [0, 0.1) is 6.92 Å². The first kappa shape index (κ1) is 30.0. The fourth-order valence-electron chi connectivity index (χ4n) is 0.0962. The highest BCUT2D eigenvalue weighted by molar-refractivity contribution is 7.49. The standard InChI is InChI=1S/C4H8O2.C4H10O.C3H6O.C3H6.BH3P.HOP/c1-4(2,3)6-5;1-4(2,3)5;1-3-2-4-3;1-3-2;2*1-2/h1H2,2-3H3;5H,1-3H3;3H,2H2,1H3;3H,1H2,2H3;1H,2H2;2H/p+1/i;;;;1T;. The summed E-state index contributed by atoms with van der Waals surface area (Å²) in [5.74, 6) is 0. The molecule has 22 heavy (non-hydrogen) atoms. The largest absolute Gasteiger partial charge is 0.391 e. The van der Waals surface area contributed by atoms with Gasteiger partial charge in [-0.25, -0.2) is 5.26 Å². The number of rotatable bonds is 1. The van der Waals surface area contributed by atoms with Crippen LogP contribution in [0.5, 0.6) is 0 Å². The lowest BCUT2D eigenvalue weighted by Crippen LogP contribution is -2.16. The molecule has 1 rings (SSSR count). The molecule has 1 heterocycles. The summed E-state index contributed by atoms with van der Waals surface area (Å²) in [4.78, 5) is 3.83. The van der Waals surface area contributed by atoms with Gasteiger partial charge < -0.3 is 9.84 Å². The molecule has 2 unspecified atom stereocenters. The molecule has 0 saturated carbocycles. The van der Waals surface area contributed by atoms with Crippen molar-refractivity contribution in [3.63, 3.8) is 0 Å². The van der Waals surface area contributed by atoms with Gasteiger partial charge in [0.25, 0.3) is 0 Å². The first-order chi connectivity index (χ1) is 10.3. The molecule has 0 amide bonds. The Balaban J connectivity index is -0.0000000585. The Morgan fingerprint density at radius 3 is 1.59 bits per heavy atom. The number of hydrogen-bond donors (Lipinski definition) is 2. The van der Waals surface area contributed by atoms with Crippen LogP contribution in [0.2, 0.25) is 0 Å². The molecule has 133 valence electrons. The van der Waals surface area contributed by atoms with Crippen molar-refractivity contribution in [2.75, 3.05) is 6.61 Å². The van der Waals surface area contributed by atoms with Crippen LogP contribution >= 0.6 is 18.2 Å². The monoisotopic (exact) mass is 358 g/mol. The molecule has 2 N–H and O–H groups in total. The summed E-state index contributed by atoms with van der Waals surface area (Å²) in [6.07, 6.45) is 2.33. The summed E-state index contributed by atoms with van der Waals surface area (Å²) in [5, 5.41) is 16.4. The molecule has 0 bridgehead atoms. The summed E-state index contributed by atoms with van der Waals surface area (Å²) < 4.78 is 18.8. The van der Waals surface area contributed by atoms with E-state index in [0.29, 0.717) is 6.10 Å². The lowest BCUT2D eigenvalue weighted by atomic mass is 10.2. The summed E-state index contributed by atoms with van der Waals surface area (Å²) in [7, 11) is 5.01. The average Bonchev–Trinajstić information content (AvgIpc) is 3.14. The highest BCUT2D eigenvalue weighted by atomic mass is 31.0. The van der Waals surface area contributed by atoms with Crippen molar-refractivity contribution in [2.45, 2.75) is 65.8 Å². The Kier molecular flexibility index (Phi) is 31.8. The van der Waals surface area contributed by atoms with Gasteiger partial charge >= 0.3 is 0 Å². The van der Waals surface area contributed by atoms with Gasteiger partial charge in [0.15, 0.2) is 0 Å². The molecule has 5 nitrogen and oxygen atoms in total. The molecule has 0 aromatic carbocycles. The quantitative estimate of drug-likeness (QED) is 0.142. The number of allylic oxidation sites excluding steroid dienone is 1. The third-order valence-corrected chi connectivity index (χ3v) is 0.747. The van der Waals surface area contributed by atoms with Gasteiger partial charge in [-0.15, -0.1) is 6.58 Å². The van der Waals surface area contributed by atoms with Crippen molar-refractivity contribution in [1.82, 2.24) is 0 Å². The van der Waals surface area contributed by atoms with Crippen LogP contribution in [0.25, 0.3) is 0 Å². The average molecular weight is 358 g/mol. The van der Waals surface area contributed by atoms with E-state index in [1.807, 2.05) is 6.92 Å². The predicted octanol–water partition coefficient (Wildman–Crippen LogP) is 3.62. The Morgan fingerprint density at radius 1 is 1.50 bits per heavy atom. The molecule has 1 radical (unpaired) electrons. The molecular weight excluding hydrogens is 321 g/mol. The first-order valence-corrected chi connectivity index (χ1v) is 7.57. The van der Waals surface area contributed by atoms with Gasteiger partial charge in [-0.05, 0) is 36.0 Å². The van der Waals surface area contributed by atoms with E-state index in [9.17, 15) is 0 Å². The molecular formula is C14H35BO5P2+. The van der Waals surface area contributed by atoms with Crippen LogP contribution in [0.15, 0.2) is 12.7 Å². The SMILES string of the molecule is C=CC.CC(C)(C)O.CC1CO1.O=P.[3H][B]P.[CH2+]C(C)(C)OO. The van der Waals surface area contributed by atoms with E-state index < -0.39 is 11.2 Å². The number of ether oxygens (including phenoxy) is 1. The zero-order valence-corrected chi connectivity index (χ0v) is 17.2. The number of aliphatic hydroxyl groups is 1. The molecule has 0 spiro atoms. The van der Waals surface area contributed by atoms with Crippen LogP contribution in [0.1, 0.15) is 48.5 Å². The molecule has 1 aliphatic rings. The van der Waals surface area contributed by atoms with Crippen molar-refractivity contribution in [3.05, 3.63) is 19.6 Å². The van der Waals surface area contributed by atoms with Crippen LogP contribution in [0.4, 0.5) is 0 Å². The molecule has 1 saturated heterocycles. The summed E-state index contributed by atoms with van der Waals surface area (Å²) >= 11 is 0. The highest BCUT2D eigenvalue weighted by Crippen LogP contribution is 2.04. The Bertz CT molecular complexity index is 214. The maximum absolute atomic E-state index is 8.52. The second kappa shape index (κ2) is 23.3. The Hall–Kier alpha value is 0.0449. The van der Waals surface area contributed by atoms with E-state index >= 15 is 0 Å². The lowest BCUT2D eigenvalue weighted by Gasteiger charge is -2.04. The van der Waals surface area contributed by atoms with Gasteiger partial charge in [-0.3, -0.25) is 4.57 Å². The van der Waals surface area contributed by atoms with Gasteiger partial charge in [-0.2, -0.15) is 14.0 Å². The maximum Gasteiger partial charge on any atom is 0.229 e. The minimum Gasteiger partial charge on any atom is -0.391 e. The minimum absolute atomic E-state index is 0.500. The zero-order valence-electron chi connectivity index (χ0n) is 16.0. The summed E-state index contributed by atoms with van der Waals surface area (Å²) in [6.45, 7) is 20.3. The summed E-state index contributed by atoms with van der Waals surface area (Å²) in [6, 6.07) is 0. The van der Waals surface area contributed by atoms with Crippen LogP contribution in [0.3, 0.4) is 0 Å². The smallest absolute Gasteiger partial charge is 0.229 e. The number of hydrogen-bond acceptors (Lipinski definition) is 5. The Labute approximate surface area is 144 Å². The maximum atomic E-state index is 8.52. The third-order valence-electron chi connectivity index (χ3n) is 0.747. The normalized spacial score (nSPS) is 14.6. The lowest BCUT2D eigenvalue weighted by molar-refractivity contribution is -0.298. The Morgan fingerprint density at radius 2 is 1.59 bits per heavy atom. The van der Waals surface area contributed by atoms with Gasteiger partial charge in [0.1, 0.15) is 16.6 Å². The first-order valence-electron chi connectivity index (χ1n) is 7.07. The zero-order chi connectivity index (χ0) is 20.1. The summed E-state index contributed by atoms with van der Waals surface area (Å²) in [5.41, 5.74) is -1.15. The van der Waals surface area contributed by atoms with Crippen molar-refractivity contribution < 1.29 is 24.6 Å². The predicted molar refractivity (Wildman–Crippen MR) is 102 cm³/mol. The minimum atomic E-state index is -0.653. The fourth-order valence-corrected chi connectivity index (χ4v) is 0.0962. The van der Waals surface area contributed by atoms with Crippen LogP contribution in [-0.2, 0) is 14.2 Å². The molecule has 2 atom stereocenters. The van der Waals surface area contributed by atoms with Crippen molar-refractivity contribution >= 4 is 25.8 Å². The van der Waals surface area contributed by atoms with E-state index in [1.165, 1.54) is 7.53 Å². The van der Waals surface area contributed by atoms with Gasteiger partial charge in [0.05, 0.1) is 25.2 Å². The number of epoxide rings is 1. The van der Waals surface area contributed by atoms with E-state index in [2.05, 4.69) is 34.4 Å². The second-order valence-electron chi connectivity index (χ2n) is 5.57. The van der Waals surface area contributed by atoms with Crippen LogP contribution in [-0.4, -0.2) is 43.1 Å².